The van der Waals surface area contributed by atoms with E-state index in [9.17, 15) is 35.9 Å². The fourth-order valence-corrected chi connectivity index (χ4v) is 8.76. The number of halogens is 7. The van der Waals surface area contributed by atoms with Crippen LogP contribution in [-0.4, -0.2) is 106 Å². The summed E-state index contributed by atoms with van der Waals surface area (Å²) in [5, 5.41) is 28.1. The predicted molar refractivity (Wildman–Crippen MR) is 238 cm³/mol. The van der Waals surface area contributed by atoms with Gasteiger partial charge in [0.15, 0.2) is 0 Å². The van der Waals surface area contributed by atoms with Crippen LogP contribution < -0.4 is 113 Å². The molecule has 14 nitrogen and oxygen atoms in total. The third-order valence-corrected chi connectivity index (χ3v) is 11.8. The number of nitriles is 1. The van der Waals surface area contributed by atoms with Gasteiger partial charge in [-0.25, -0.2) is 18.6 Å². The molecule has 2 aliphatic heterocycles. The number of carbonyl (C=O) groups excluding carboxylic acids is 3. The molecular formula is C45H62BrF6K2N7O7. The fraction of sp³-hybridized carbons (Fsp3) is 0.600. The minimum absolute atomic E-state index is 0. The second kappa shape index (κ2) is 34.0. The monoisotopic (exact) mass is 1080 g/mol. The van der Waals surface area contributed by atoms with E-state index in [0.29, 0.717) is 55.2 Å². The Hall–Kier alpha value is -1.51. The van der Waals surface area contributed by atoms with Crippen molar-refractivity contribution in [2.24, 2.45) is 11.8 Å². The Kier molecular flexibility index (Phi) is 33.3. The maximum atomic E-state index is 12.5. The van der Waals surface area contributed by atoms with Crippen LogP contribution in [0.4, 0.5) is 26.3 Å². The molecule has 6 rings (SSSR count). The average Bonchev–Trinajstić information content (AvgIpc) is 3.75. The van der Waals surface area contributed by atoms with Crippen molar-refractivity contribution in [1.29, 1.82) is 5.26 Å². The SMILES string of the molecule is CC#N.CCOC(=O)c1c(C)c(C(C)C2CCN(CCC(F)(F)F)CC2)n2ncccc12.CCOC(=O)c1c(C)c(C(C)C2CCNCC2)n2ncccc12.FC(F)(F)CCBr.O=CO[O-].[H-].[K+].[K+]. The van der Waals surface area contributed by atoms with Crippen LogP contribution in [-0.2, 0) is 19.2 Å². The number of rotatable bonds is 12. The number of nitrogens with one attached hydrogen (secondary N) is 1. The van der Waals surface area contributed by atoms with Gasteiger partial charge in [-0.1, -0.05) is 29.8 Å². The molecule has 68 heavy (non-hydrogen) atoms. The maximum absolute atomic E-state index is 12.5. The molecule has 4 aromatic rings. The van der Waals surface area contributed by atoms with Gasteiger partial charge in [-0.3, -0.25) is 4.79 Å². The van der Waals surface area contributed by atoms with E-state index in [4.69, 9.17) is 24.8 Å². The third-order valence-electron chi connectivity index (χ3n) is 11.4. The summed E-state index contributed by atoms with van der Waals surface area (Å²) in [4.78, 5) is 38.1. The number of alkyl halides is 7. The Labute approximate surface area is 489 Å². The molecule has 370 valence electrons. The summed E-state index contributed by atoms with van der Waals surface area (Å²) < 4.78 is 84.8. The molecule has 0 bridgehead atoms. The molecule has 1 N–H and O–H groups in total. The number of hydrogen-bond acceptors (Lipinski definition) is 12. The second-order valence-electron chi connectivity index (χ2n) is 15.5. The number of hydrogen-bond donors (Lipinski definition) is 1. The number of likely N-dealkylation sites (tertiary alicyclic amines) is 1. The number of ether oxygens (including phenoxy) is 2. The van der Waals surface area contributed by atoms with Crippen LogP contribution in [0.2, 0.25) is 0 Å². The van der Waals surface area contributed by atoms with Gasteiger partial charge in [-0.15, -0.1) is 0 Å². The zero-order valence-corrected chi connectivity index (χ0v) is 48.3. The van der Waals surface area contributed by atoms with Crippen molar-refractivity contribution in [1.82, 2.24) is 29.4 Å². The van der Waals surface area contributed by atoms with E-state index >= 15 is 0 Å². The summed E-state index contributed by atoms with van der Waals surface area (Å²) in [7, 11) is 0. The molecule has 23 heteroatoms. The smallest absolute Gasteiger partial charge is 1.00 e. The molecule has 2 aliphatic rings. The van der Waals surface area contributed by atoms with Gasteiger partial charge in [0, 0.05) is 54.4 Å². The first-order valence-corrected chi connectivity index (χ1v) is 22.8. The molecule has 0 spiro atoms. The van der Waals surface area contributed by atoms with Gasteiger partial charge in [0.2, 0.25) is 0 Å². The van der Waals surface area contributed by atoms with E-state index in [2.05, 4.69) is 50.2 Å². The van der Waals surface area contributed by atoms with Gasteiger partial charge >= 0.3 is 127 Å². The van der Waals surface area contributed by atoms with Crippen molar-refractivity contribution >= 4 is 45.4 Å². The standard InChI is InChI=1S/C21H28F3N3O2.C18H25N3O2.C3H4BrF3.C2H3N.CH2O3.2K.H/c1-4-29-20(28)18-15(3)19(27-17(18)6-5-10-25-27)14(2)16-7-11-26(12-8-16)13-9-21(22,23)24;1-4-23-18(22)16-13(3)17(21-15(16)6-5-9-20-21)12(2)14-7-10-19-11-8-14;4-2-1-3(5,6)7;1-2-3;2-1-4-3;;;/h5-6,10,14,16H,4,7-9,11-13H2,1-3H3;5-6,9,12,14,19H,4,7-8,10-11H2,1-3H3;1-2H2;1H3;1,3H;;;/q;;;;;2*+1;-1/p-1. The average molecular weight is 1090 g/mol. The molecular weight excluding hydrogens is 1020 g/mol. The Morgan fingerprint density at radius 3 is 1.56 bits per heavy atom. The van der Waals surface area contributed by atoms with Crippen molar-refractivity contribution in [3.63, 3.8) is 0 Å². The van der Waals surface area contributed by atoms with Gasteiger partial charge in [-0.2, -0.15) is 41.8 Å². The van der Waals surface area contributed by atoms with Crippen LogP contribution in [0.15, 0.2) is 36.7 Å². The number of esters is 2. The molecule has 2 saturated heterocycles. The minimum atomic E-state index is -4.11. The largest absolute Gasteiger partial charge is 1.00 e. The molecule has 2 fully saturated rings. The summed E-state index contributed by atoms with van der Waals surface area (Å²) in [6.07, 6.45) is -2.16. The normalized spacial score (nSPS) is 15.0. The topological polar surface area (TPSA) is 176 Å². The van der Waals surface area contributed by atoms with E-state index in [-0.39, 0.29) is 140 Å². The van der Waals surface area contributed by atoms with Crippen LogP contribution in [0.25, 0.3) is 11.0 Å². The van der Waals surface area contributed by atoms with E-state index in [1.807, 2.05) is 52.9 Å². The van der Waals surface area contributed by atoms with E-state index < -0.39 is 25.2 Å². The summed E-state index contributed by atoms with van der Waals surface area (Å²) in [5.41, 5.74) is 6.79. The van der Waals surface area contributed by atoms with Crippen molar-refractivity contribution in [2.75, 3.05) is 51.3 Å². The zero-order valence-electron chi connectivity index (χ0n) is 41.4. The Bertz CT molecular complexity index is 2170. The van der Waals surface area contributed by atoms with E-state index in [1.54, 1.807) is 31.5 Å². The Balaban J connectivity index is 0. The molecule has 2 unspecified atom stereocenters. The minimum Gasteiger partial charge on any atom is -1.00 e. The molecule has 4 aromatic heterocycles. The third kappa shape index (κ3) is 20.9. The number of nitrogens with zero attached hydrogens (tertiary/aromatic N) is 6. The van der Waals surface area contributed by atoms with Gasteiger partial charge < -0.3 is 31.3 Å². The fourth-order valence-electron chi connectivity index (χ4n) is 8.31. The van der Waals surface area contributed by atoms with Crippen molar-refractivity contribution in [3.8, 4) is 6.07 Å². The Morgan fingerprint density at radius 2 is 1.24 bits per heavy atom. The van der Waals surface area contributed by atoms with Crippen LogP contribution in [0, 0.1) is 37.0 Å². The first-order chi connectivity index (χ1) is 31.3. The first kappa shape index (κ1) is 66.5. The van der Waals surface area contributed by atoms with Crippen LogP contribution in [0.1, 0.15) is 130 Å². The summed E-state index contributed by atoms with van der Waals surface area (Å²) in [6, 6.07) is 9.23. The molecule has 6 heterocycles. The molecule has 0 radical (unpaired) electrons. The van der Waals surface area contributed by atoms with Gasteiger partial charge in [-0.05, 0) is 127 Å². The first-order valence-electron chi connectivity index (χ1n) is 21.7. The van der Waals surface area contributed by atoms with Crippen molar-refractivity contribution in [3.05, 3.63) is 70.3 Å². The summed E-state index contributed by atoms with van der Waals surface area (Å²) >= 11 is 2.67. The van der Waals surface area contributed by atoms with Gasteiger partial charge in [0.1, 0.15) is 0 Å². The van der Waals surface area contributed by atoms with Gasteiger partial charge in [0.05, 0.1) is 54.3 Å². The molecule has 0 amide bonds. The van der Waals surface area contributed by atoms with Crippen LogP contribution in [0.3, 0.4) is 0 Å². The summed E-state index contributed by atoms with van der Waals surface area (Å²) in [5.74, 6) is 0.833. The zero-order chi connectivity index (χ0) is 49.6. The maximum Gasteiger partial charge on any atom is 1.00 e. The number of fused-ring (bicyclic) bond motifs is 2. The van der Waals surface area contributed by atoms with Crippen molar-refractivity contribution < 1.29 is 165 Å². The quantitative estimate of drug-likeness (QED) is 0.0419. The van der Waals surface area contributed by atoms with Gasteiger partial charge in [0.25, 0.3) is 6.47 Å². The molecule has 2 atom stereocenters. The summed E-state index contributed by atoms with van der Waals surface area (Å²) in [6.45, 7) is 17.4. The van der Waals surface area contributed by atoms with E-state index in [1.165, 1.54) is 6.92 Å². The second-order valence-corrected chi connectivity index (χ2v) is 16.3. The molecule has 0 aliphatic carbocycles. The molecule has 0 saturated carbocycles. The predicted octanol–water partition coefficient (Wildman–Crippen LogP) is 2.93. The number of aromatic nitrogens is 4. The molecule has 0 aromatic carbocycles. The number of carbonyl (C=O) groups is 3. The number of piperidine rings is 2. The van der Waals surface area contributed by atoms with Crippen molar-refractivity contribution in [2.45, 2.75) is 111 Å². The Morgan fingerprint density at radius 1 is 0.853 bits per heavy atom. The van der Waals surface area contributed by atoms with Crippen LogP contribution >= 0.6 is 15.9 Å². The van der Waals surface area contributed by atoms with E-state index in [0.717, 1.165) is 72.3 Å². The van der Waals surface area contributed by atoms with Crippen LogP contribution in [0.5, 0.6) is 0 Å².